The molecule has 2 N–H and O–H groups in total. The number of likely N-dealkylation sites (tertiary alicyclic amines) is 1. The van der Waals surface area contributed by atoms with Crippen LogP contribution in [0.1, 0.15) is 18.4 Å². The summed E-state index contributed by atoms with van der Waals surface area (Å²) in [5.41, 5.74) is 4.63. The highest BCUT2D eigenvalue weighted by atomic mass is 16.5. The molecular weight excluding hydrogens is 296 g/mol. The van der Waals surface area contributed by atoms with E-state index in [1.807, 2.05) is 20.0 Å². The van der Waals surface area contributed by atoms with E-state index < -0.39 is 11.8 Å². The average molecular weight is 318 g/mol. The highest BCUT2D eigenvalue weighted by Gasteiger charge is 2.17. The number of anilines is 1. The normalized spacial score (nSPS) is 15.0. The molecule has 0 aliphatic carbocycles. The van der Waals surface area contributed by atoms with Gasteiger partial charge in [0, 0.05) is 31.6 Å². The summed E-state index contributed by atoms with van der Waals surface area (Å²) >= 11 is 0. The number of hydrogen-bond donors (Lipinski definition) is 2. The van der Waals surface area contributed by atoms with Crippen molar-refractivity contribution in [1.29, 1.82) is 0 Å². The molecule has 0 aromatic heterocycles. The fraction of sp³-hybridized carbons (Fsp3) is 0.438. The van der Waals surface area contributed by atoms with E-state index in [4.69, 9.17) is 4.74 Å². The minimum absolute atomic E-state index is 0.458. The molecule has 0 radical (unpaired) electrons. The van der Waals surface area contributed by atoms with Crippen LogP contribution in [-0.4, -0.2) is 49.7 Å². The second kappa shape index (κ2) is 7.73. The number of hydrazone groups is 1. The molecule has 1 saturated heterocycles. The monoisotopic (exact) mass is 318 g/mol. The van der Waals surface area contributed by atoms with Crippen molar-refractivity contribution in [1.82, 2.24) is 10.3 Å². The Hall–Kier alpha value is -2.41. The summed E-state index contributed by atoms with van der Waals surface area (Å²) in [7, 11) is 3.55. The molecule has 1 fully saturated rings. The number of nitrogens with one attached hydrogen (secondary N) is 2. The number of ether oxygens (including phenoxy) is 1. The number of carbonyl (C=O) groups excluding carboxylic acids is 2. The van der Waals surface area contributed by atoms with Crippen molar-refractivity contribution in [2.45, 2.75) is 19.8 Å². The van der Waals surface area contributed by atoms with Crippen LogP contribution in [0.4, 0.5) is 5.69 Å². The third-order valence-electron chi connectivity index (χ3n) is 3.69. The van der Waals surface area contributed by atoms with Crippen LogP contribution in [0.2, 0.25) is 0 Å². The first-order valence-electron chi connectivity index (χ1n) is 7.49. The molecule has 0 spiro atoms. The number of carbonyl (C=O) groups is 2. The minimum atomic E-state index is -0.792. The largest absolute Gasteiger partial charge is 0.495 e. The van der Waals surface area contributed by atoms with Gasteiger partial charge in [0.25, 0.3) is 0 Å². The maximum absolute atomic E-state index is 12.0. The molecule has 0 unspecified atom stereocenters. The zero-order chi connectivity index (χ0) is 16.8. The fourth-order valence-corrected chi connectivity index (χ4v) is 2.27. The molecule has 7 nitrogen and oxygen atoms in total. The maximum atomic E-state index is 12.0. The van der Waals surface area contributed by atoms with Gasteiger partial charge in [0.05, 0.1) is 12.8 Å². The van der Waals surface area contributed by atoms with Gasteiger partial charge in [0.2, 0.25) is 0 Å². The summed E-state index contributed by atoms with van der Waals surface area (Å²) in [5, 5.41) is 6.58. The zero-order valence-corrected chi connectivity index (χ0v) is 13.7. The highest BCUT2D eigenvalue weighted by molar-refractivity contribution is 6.39. The molecule has 1 aromatic carbocycles. The van der Waals surface area contributed by atoms with Crippen molar-refractivity contribution >= 4 is 23.2 Å². The highest BCUT2D eigenvalue weighted by Crippen LogP contribution is 2.24. The molecule has 2 rings (SSSR count). The van der Waals surface area contributed by atoms with E-state index in [1.165, 1.54) is 7.11 Å². The Morgan fingerprint density at radius 3 is 2.57 bits per heavy atom. The van der Waals surface area contributed by atoms with Crippen molar-refractivity contribution in [3.63, 3.8) is 0 Å². The Balaban J connectivity index is 1.94. The molecule has 1 aliphatic heterocycles. The smallest absolute Gasteiger partial charge is 0.329 e. The molecule has 23 heavy (non-hydrogen) atoms. The van der Waals surface area contributed by atoms with Crippen molar-refractivity contribution in [3.05, 3.63) is 23.8 Å². The minimum Gasteiger partial charge on any atom is -0.495 e. The van der Waals surface area contributed by atoms with Crippen LogP contribution in [0.5, 0.6) is 5.75 Å². The third-order valence-corrected chi connectivity index (χ3v) is 3.69. The van der Waals surface area contributed by atoms with Gasteiger partial charge in [-0.1, -0.05) is 6.07 Å². The second-order valence-corrected chi connectivity index (χ2v) is 5.58. The predicted octanol–water partition coefficient (Wildman–Crippen LogP) is 1.14. The lowest BCUT2D eigenvalue weighted by Crippen LogP contribution is -2.35. The third kappa shape index (κ3) is 4.79. The second-order valence-electron chi connectivity index (χ2n) is 5.58. The van der Waals surface area contributed by atoms with Crippen molar-refractivity contribution < 1.29 is 14.3 Å². The van der Waals surface area contributed by atoms with Gasteiger partial charge in [-0.05, 0) is 31.7 Å². The molecule has 0 bridgehead atoms. The maximum Gasteiger partial charge on any atom is 0.329 e. The number of piperidine rings is 1. The van der Waals surface area contributed by atoms with Crippen LogP contribution in [-0.2, 0) is 9.59 Å². The zero-order valence-electron chi connectivity index (χ0n) is 13.7. The van der Waals surface area contributed by atoms with Crippen LogP contribution in [0.25, 0.3) is 0 Å². The lowest BCUT2D eigenvalue weighted by Gasteiger charge is -2.22. The lowest BCUT2D eigenvalue weighted by atomic mass is 10.1. The van der Waals surface area contributed by atoms with Gasteiger partial charge in [-0.15, -0.1) is 0 Å². The molecule has 0 atom stereocenters. The number of amides is 2. The molecule has 1 aromatic rings. The Morgan fingerprint density at radius 2 is 1.91 bits per heavy atom. The van der Waals surface area contributed by atoms with Gasteiger partial charge in [0.1, 0.15) is 5.75 Å². The molecular formula is C16H22N4O3. The van der Waals surface area contributed by atoms with Gasteiger partial charge in [-0.25, -0.2) is 5.43 Å². The number of nitrogens with zero attached hydrogens (tertiary/aromatic N) is 2. The Morgan fingerprint density at radius 1 is 1.22 bits per heavy atom. The van der Waals surface area contributed by atoms with E-state index in [1.54, 1.807) is 12.1 Å². The van der Waals surface area contributed by atoms with Crippen LogP contribution >= 0.6 is 0 Å². The summed E-state index contributed by atoms with van der Waals surface area (Å²) in [5.74, 6) is -1.07. The molecule has 7 heteroatoms. The SMILES string of the molecule is COc1ccc(C)cc1NC(=O)C(=O)NN=C1CCN(C)CC1. The quantitative estimate of drug-likeness (QED) is 0.647. The van der Waals surface area contributed by atoms with Crippen LogP contribution in [0.3, 0.4) is 0 Å². The molecule has 2 amide bonds. The van der Waals surface area contributed by atoms with Gasteiger partial charge in [-0.2, -0.15) is 5.10 Å². The molecule has 0 saturated carbocycles. The Labute approximate surface area is 135 Å². The molecule has 1 aliphatic rings. The Bertz CT molecular complexity index is 618. The van der Waals surface area contributed by atoms with Gasteiger partial charge in [0.15, 0.2) is 0 Å². The number of benzene rings is 1. The van der Waals surface area contributed by atoms with Crippen LogP contribution in [0, 0.1) is 6.92 Å². The summed E-state index contributed by atoms with van der Waals surface area (Å²) in [4.78, 5) is 26.0. The number of hydrogen-bond acceptors (Lipinski definition) is 5. The fourth-order valence-electron chi connectivity index (χ4n) is 2.27. The van der Waals surface area contributed by atoms with E-state index in [2.05, 4.69) is 20.7 Å². The first kappa shape index (κ1) is 17.0. The lowest BCUT2D eigenvalue weighted by molar-refractivity contribution is -0.136. The standard InChI is InChI=1S/C16H22N4O3/c1-11-4-5-14(23-3)13(10-11)17-15(21)16(22)19-18-12-6-8-20(2)9-7-12/h4-5,10H,6-9H2,1-3H3,(H,17,21)(H,19,22). The molecule has 124 valence electrons. The first-order chi connectivity index (χ1) is 11.0. The van der Waals surface area contributed by atoms with Gasteiger partial charge < -0.3 is 15.0 Å². The van der Waals surface area contributed by atoms with Crippen molar-refractivity contribution in [3.8, 4) is 5.75 Å². The number of methoxy groups -OCH3 is 1. The molecule has 1 heterocycles. The number of rotatable bonds is 3. The summed E-state index contributed by atoms with van der Waals surface area (Å²) < 4.78 is 5.17. The summed E-state index contributed by atoms with van der Waals surface area (Å²) in [6.07, 6.45) is 1.59. The van der Waals surface area contributed by atoms with E-state index in [0.717, 1.165) is 37.2 Å². The van der Waals surface area contributed by atoms with Gasteiger partial charge >= 0.3 is 11.8 Å². The van der Waals surface area contributed by atoms with Crippen LogP contribution in [0.15, 0.2) is 23.3 Å². The number of aryl methyl sites for hydroxylation is 1. The van der Waals surface area contributed by atoms with E-state index in [-0.39, 0.29) is 0 Å². The first-order valence-corrected chi connectivity index (χ1v) is 7.49. The van der Waals surface area contributed by atoms with E-state index in [9.17, 15) is 9.59 Å². The van der Waals surface area contributed by atoms with E-state index >= 15 is 0 Å². The van der Waals surface area contributed by atoms with Crippen LogP contribution < -0.4 is 15.5 Å². The summed E-state index contributed by atoms with van der Waals surface area (Å²) in [6, 6.07) is 5.34. The predicted molar refractivity (Wildman–Crippen MR) is 88.7 cm³/mol. The van der Waals surface area contributed by atoms with E-state index in [0.29, 0.717) is 11.4 Å². The van der Waals surface area contributed by atoms with Crippen molar-refractivity contribution in [2.75, 3.05) is 32.6 Å². The summed E-state index contributed by atoms with van der Waals surface area (Å²) in [6.45, 7) is 3.70. The van der Waals surface area contributed by atoms with Crippen molar-refractivity contribution in [2.24, 2.45) is 5.10 Å². The Kier molecular flexibility index (Phi) is 5.70. The topological polar surface area (TPSA) is 83.0 Å². The van der Waals surface area contributed by atoms with Gasteiger partial charge in [-0.3, -0.25) is 9.59 Å². The average Bonchev–Trinajstić information content (AvgIpc) is 2.54.